The van der Waals surface area contributed by atoms with Gasteiger partial charge in [-0.05, 0) is 18.6 Å². The number of para-hydroxylation sites is 1. The third-order valence-corrected chi connectivity index (χ3v) is 3.43. The summed E-state index contributed by atoms with van der Waals surface area (Å²) in [7, 11) is 1.89. The zero-order valence-corrected chi connectivity index (χ0v) is 11.5. The predicted octanol–water partition coefficient (Wildman–Crippen LogP) is 2.56. The van der Waals surface area contributed by atoms with Crippen LogP contribution in [-0.2, 0) is 13.5 Å². The molecule has 3 aromatic rings. The van der Waals surface area contributed by atoms with Gasteiger partial charge in [0.05, 0.1) is 21.9 Å². The summed E-state index contributed by atoms with van der Waals surface area (Å²) in [4.78, 5) is 4.35. The topological polar surface area (TPSA) is 61.7 Å². The number of nitrogens with two attached hydrogens (primary N) is 1. The Kier molecular flexibility index (Phi) is 2.71. The standard InChI is InChI=1S/C13H14ClN5/c1-3-9-11(7-18(2)17-9)19-10-6-4-5-8(14)12(10)16-13(19)15/h4-7H,3H2,1-2H3,(H2,15,16). The Morgan fingerprint density at radius 1 is 1.37 bits per heavy atom. The van der Waals surface area contributed by atoms with Crippen LogP contribution in [0.2, 0.25) is 5.02 Å². The van der Waals surface area contributed by atoms with Crippen molar-refractivity contribution in [3.8, 4) is 5.69 Å². The van der Waals surface area contributed by atoms with Gasteiger partial charge in [0.25, 0.3) is 0 Å². The van der Waals surface area contributed by atoms with Gasteiger partial charge in [-0.25, -0.2) is 4.98 Å². The number of hydrogen-bond acceptors (Lipinski definition) is 3. The molecule has 0 aliphatic carbocycles. The molecule has 0 amide bonds. The first-order valence-electron chi connectivity index (χ1n) is 6.07. The van der Waals surface area contributed by atoms with Gasteiger partial charge < -0.3 is 5.73 Å². The highest BCUT2D eigenvalue weighted by atomic mass is 35.5. The molecule has 0 radical (unpaired) electrons. The Balaban J connectivity index is 2.36. The van der Waals surface area contributed by atoms with Crippen molar-refractivity contribution < 1.29 is 0 Å². The molecule has 2 aromatic heterocycles. The molecule has 5 nitrogen and oxygen atoms in total. The number of hydrogen-bond donors (Lipinski definition) is 1. The second kappa shape index (κ2) is 4.28. The maximum atomic E-state index is 6.16. The summed E-state index contributed by atoms with van der Waals surface area (Å²) in [5.41, 5.74) is 9.59. The highest BCUT2D eigenvalue weighted by Crippen LogP contribution is 2.29. The summed E-state index contributed by atoms with van der Waals surface area (Å²) < 4.78 is 3.68. The second-order valence-electron chi connectivity index (χ2n) is 4.40. The van der Waals surface area contributed by atoms with Crippen LogP contribution >= 0.6 is 11.6 Å². The summed E-state index contributed by atoms with van der Waals surface area (Å²) in [6.45, 7) is 2.06. The van der Waals surface area contributed by atoms with Crippen LogP contribution < -0.4 is 5.73 Å². The Morgan fingerprint density at radius 3 is 2.89 bits per heavy atom. The lowest BCUT2D eigenvalue weighted by molar-refractivity contribution is 0.746. The van der Waals surface area contributed by atoms with Gasteiger partial charge in [-0.2, -0.15) is 5.10 Å². The minimum atomic E-state index is 0.422. The molecule has 0 unspecified atom stereocenters. The van der Waals surface area contributed by atoms with Crippen molar-refractivity contribution in [1.82, 2.24) is 19.3 Å². The van der Waals surface area contributed by atoms with E-state index in [4.69, 9.17) is 17.3 Å². The fourth-order valence-corrected chi connectivity index (χ4v) is 2.51. The van der Waals surface area contributed by atoms with E-state index in [1.54, 1.807) is 4.68 Å². The smallest absolute Gasteiger partial charge is 0.206 e. The lowest BCUT2D eigenvalue weighted by Crippen LogP contribution is -2.02. The second-order valence-corrected chi connectivity index (χ2v) is 4.81. The highest BCUT2D eigenvalue weighted by molar-refractivity contribution is 6.35. The van der Waals surface area contributed by atoms with Crippen molar-refractivity contribution in [2.75, 3.05) is 5.73 Å². The minimum absolute atomic E-state index is 0.422. The molecule has 19 heavy (non-hydrogen) atoms. The van der Waals surface area contributed by atoms with Gasteiger partial charge in [0.2, 0.25) is 5.95 Å². The number of aromatic nitrogens is 4. The van der Waals surface area contributed by atoms with E-state index < -0.39 is 0 Å². The Morgan fingerprint density at radius 2 is 2.16 bits per heavy atom. The van der Waals surface area contributed by atoms with Crippen LogP contribution in [0.3, 0.4) is 0 Å². The minimum Gasteiger partial charge on any atom is -0.369 e. The lowest BCUT2D eigenvalue weighted by Gasteiger charge is -2.05. The largest absolute Gasteiger partial charge is 0.369 e. The molecule has 0 spiro atoms. The molecule has 0 saturated carbocycles. The monoisotopic (exact) mass is 275 g/mol. The van der Waals surface area contributed by atoms with Crippen LogP contribution in [-0.4, -0.2) is 19.3 Å². The van der Waals surface area contributed by atoms with Crippen molar-refractivity contribution >= 4 is 28.6 Å². The predicted molar refractivity (Wildman–Crippen MR) is 76.6 cm³/mol. The maximum absolute atomic E-state index is 6.16. The fraction of sp³-hybridized carbons (Fsp3) is 0.231. The summed E-state index contributed by atoms with van der Waals surface area (Å²) in [6.07, 6.45) is 2.77. The number of benzene rings is 1. The first-order chi connectivity index (χ1) is 9.11. The van der Waals surface area contributed by atoms with Gasteiger partial charge in [-0.1, -0.05) is 24.6 Å². The highest BCUT2D eigenvalue weighted by Gasteiger charge is 2.16. The number of imidazole rings is 1. The van der Waals surface area contributed by atoms with Crippen LogP contribution in [0.15, 0.2) is 24.4 Å². The van der Waals surface area contributed by atoms with E-state index in [9.17, 15) is 0 Å². The van der Waals surface area contributed by atoms with E-state index in [0.717, 1.165) is 23.3 Å². The van der Waals surface area contributed by atoms with E-state index in [1.165, 1.54) is 0 Å². The molecule has 98 valence electrons. The molecular weight excluding hydrogens is 262 g/mol. The molecule has 2 heterocycles. The molecule has 0 aliphatic heterocycles. The molecule has 0 atom stereocenters. The van der Waals surface area contributed by atoms with Gasteiger partial charge in [-0.3, -0.25) is 9.25 Å². The van der Waals surface area contributed by atoms with E-state index in [0.29, 0.717) is 16.5 Å². The summed E-state index contributed by atoms with van der Waals surface area (Å²) in [5.74, 6) is 0.422. The first kappa shape index (κ1) is 12.0. The molecule has 0 saturated heterocycles. The van der Waals surface area contributed by atoms with Crippen LogP contribution in [0.25, 0.3) is 16.7 Å². The number of nitrogen functional groups attached to an aromatic ring is 1. The molecule has 0 bridgehead atoms. The number of fused-ring (bicyclic) bond motifs is 1. The number of anilines is 1. The van der Waals surface area contributed by atoms with Crippen molar-refractivity contribution in [2.24, 2.45) is 7.05 Å². The molecular formula is C13H14ClN5. The third kappa shape index (κ3) is 1.77. The Bertz CT molecular complexity index is 756. The van der Waals surface area contributed by atoms with E-state index in [2.05, 4.69) is 17.0 Å². The maximum Gasteiger partial charge on any atom is 0.206 e. The Hall–Kier alpha value is -2.01. The molecule has 0 aliphatic rings. The number of aryl methyl sites for hydroxylation is 2. The van der Waals surface area contributed by atoms with Gasteiger partial charge in [-0.15, -0.1) is 0 Å². The van der Waals surface area contributed by atoms with Crippen molar-refractivity contribution in [2.45, 2.75) is 13.3 Å². The van der Waals surface area contributed by atoms with Crippen LogP contribution in [0.5, 0.6) is 0 Å². The van der Waals surface area contributed by atoms with Crippen molar-refractivity contribution in [1.29, 1.82) is 0 Å². The molecule has 3 rings (SSSR count). The van der Waals surface area contributed by atoms with Gasteiger partial charge in [0.1, 0.15) is 5.52 Å². The Labute approximate surface area is 115 Å². The third-order valence-electron chi connectivity index (χ3n) is 3.12. The number of halogens is 1. The first-order valence-corrected chi connectivity index (χ1v) is 6.45. The van der Waals surface area contributed by atoms with Crippen LogP contribution in [0, 0.1) is 0 Å². The molecule has 2 N–H and O–H groups in total. The lowest BCUT2D eigenvalue weighted by atomic mass is 10.2. The molecule has 6 heteroatoms. The zero-order valence-electron chi connectivity index (χ0n) is 10.8. The SMILES string of the molecule is CCc1nn(C)cc1-n1c(N)nc2c(Cl)cccc21. The van der Waals surface area contributed by atoms with Gasteiger partial charge in [0, 0.05) is 13.2 Å². The average molecular weight is 276 g/mol. The summed E-state index contributed by atoms with van der Waals surface area (Å²) in [6, 6.07) is 5.66. The van der Waals surface area contributed by atoms with Crippen LogP contribution in [0.4, 0.5) is 5.95 Å². The number of rotatable bonds is 2. The number of nitrogens with zero attached hydrogens (tertiary/aromatic N) is 4. The zero-order chi connectivity index (χ0) is 13.6. The summed E-state index contributed by atoms with van der Waals surface area (Å²) in [5, 5.41) is 5.04. The van der Waals surface area contributed by atoms with Crippen molar-refractivity contribution in [3.05, 3.63) is 35.1 Å². The van der Waals surface area contributed by atoms with Crippen molar-refractivity contribution in [3.63, 3.8) is 0 Å². The van der Waals surface area contributed by atoms with E-state index >= 15 is 0 Å². The summed E-state index contributed by atoms with van der Waals surface area (Å²) >= 11 is 6.16. The molecule has 0 fully saturated rings. The van der Waals surface area contributed by atoms with E-state index in [1.807, 2.05) is 36.0 Å². The van der Waals surface area contributed by atoms with Gasteiger partial charge in [0.15, 0.2) is 0 Å². The quantitative estimate of drug-likeness (QED) is 0.782. The molecule has 1 aromatic carbocycles. The van der Waals surface area contributed by atoms with E-state index in [-0.39, 0.29) is 0 Å². The fourth-order valence-electron chi connectivity index (χ4n) is 2.30. The van der Waals surface area contributed by atoms with Gasteiger partial charge >= 0.3 is 0 Å². The average Bonchev–Trinajstić information content (AvgIpc) is 2.89. The normalized spacial score (nSPS) is 11.3. The van der Waals surface area contributed by atoms with Crippen LogP contribution in [0.1, 0.15) is 12.6 Å².